The van der Waals surface area contributed by atoms with Gasteiger partial charge >= 0.3 is 11.9 Å². The van der Waals surface area contributed by atoms with Crippen LogP contribution in [0.4, 0.5) is 0 Å². The van der Waals surface area contributed by atoms with Crippen molar-refractivity contribution >= 4 is 11.9 Å². The summed E-state index contributed by atoms with van der Waals surface area (Å²) in [4.78, 5) is 20.6. The van der Waals surface area contributed by atoms with Crippen LogP contribution in [0.15, 0.2) is 23.3 Å². The molecule has 0 saturated heterocycles. The second-order valence-corrected chi connectivity index (χ2v) is 2.62. The van der Waals surface area contributed by atoms with Crippen molar-refractivity contribution in [2.45, 2.75) is 20.3 Å². The molecular formula is C9H12O4. The van der Waals surface area contributed by atoms with E-state index in [0.29, 0.717) is 6.42 Å². The summed E-state index contributed by atoms with van der Waals surface area (Å²) in [6.07, 6.45) is 3.26. The van der Waals surface area contributed by atoms with Gasteiger partial charge < -0.3 is 10.2 Å². The van der Waals surface area contributed by atoms with E-state index in [9.17, 15) is 9.59 Å². The summed E-state index contributed by atoms with van der Waals surface area (Å²) >= 11 is 0. The first kappa shape index (κ1) is 11.4. The van der Waals surface area contributed by atoms with Crippen molar-refractivity contribution in [2.75, 3.05) is 0 Å². The Bertz CT molecular complexity index is 245. The minimum Gasteiger partial charge on any atom is -0.478 e. The molecule has 0 aromatic carbocycles. The Labute approximate surface area is 76.2 Å². The number of rotatable bonds is 4. The maximum absolute atomic E-state index is 10.3. The highest BCUT2D eigenvalue weighted by atomic mass is 16.4. The summed E-state index contributed by atoms with van der Waals surface area (Å²) in [5, 5.41) is 16.9. The highest BCUT2D eigenvalue weighted by Crippen LogP contribution is 2.00. The monoisotopic (exact) mass is 184 g/mol. The third-order valence-corrected chi connectivity index (χ3v) is 1.52. The fourth-order valence-corrected chi connectivity index (χ4v) is 0.587. The predicted molar refractivity (Wildman–Crippen MR) is 47.4 cm³/mol. The molecule has 4 nitrogen and oxygen atoms in total. The molecule has 2 N–H and O–H groups in total. The zero-order valence-corrected chi connectivity index (χ0v) is 7.57. The SMILES string of the molecule is C/C(=C\C/C=C(\C)C(=O)O)C(=O)O. The van der Waals surface area contributed by atoms with E-state index >= 15 is 0 Å². The Kier molecular flexibility index (Phi) is 4.51. The van der Waals surface area contributed by atoms with Crippen LogP contribution < -0.4 is 0 Å². The summed E-state index contributed by atoms with van der Waals surface area (Å²) < 4.78 is 0. The summed E-state index contributed by atoms with van der Waals surface area (Å²) in [5.41, 5.74) is 0.434. The van der Waals surface area contributed by atoms with E-state index in [1.165, 1.54) is 26.0 Å². The fraction of sp³-hybridized carbons (Fsp3) is 0.333. The maximum atomic E-state index is 10.3. The van der Waals surface area contributed by atoms with E-state index in [-0.39, 0.29) is 11.1 Å². The average Bonchev–Trinajstić information content (AvgIpc) is 2.03. The average molecular weight is 184 g/mol. The van der Waals surface area contributed by atoms with Crippen LogP contribution in [-0.4, -0.2) is 22.2 Å². The summed E-state index contributed by atoms with van der Waals surface area (Å²) in [7, 11) is 0. The standard InChI is InChI=1S/C9H12O4/c1-6(8(10)11)4-3-5-7(2)9(12)13/h4-5H,3H2,1-2H3,(H,10,11)(H,12,13)/b6-4+,7-5+. The van der Waals surface area contributed by atoms with E-state index in [1.54, 1.807) is 0 Å². The topological polar surface area (TPSA) is 74.6 Å². The van der Waals surface area contributed by atoms with Gasteiger partial charge in [0.15, 0.2) is 0 Å². The largest absolute Gasteiger partial charge is 0.478 e. The van der Waals surface area contributed by atoms with Crippen LogP contribution in [0.3, 0.4) is 0 Å². The van der Waals surface area contributed by atoms with Crippen LogP contribution >= 0.6 is 0 Å². The van der Waals surface area contributed by atoms with Gasteiger partial charge in [-0.2, -0.15) is 0 Å². The van der Waals surface area contributed by atoms with Gasteiger partial charge in [0.05, 0.1) is 0 Å². The molecule has 0 amide bonds. The third-order valence-electron chi connectivity index (χ3n) is 1.52. The lowest BCUT2D eigenvalue weighted by molar-refractivity contribution is -0.133. The minimum atomic E-state index is -0.985. The predicted octanol–water partition coefficient (Wildman–Crippen LogP) is 1.44. The molecule has 0 aliphatic rings. The molecule has 0 aromatic rings. The molecule has 0 aliphatic heterocycles. The van der Waals surface area contributed by atoms with Crippen molar-refractivity contribution in [2.24, 2.45) is 0 Å². The molecule has 0 bridgehead atoms. The molecule has 0 aromatic heterocycles. The highest BCUT2D eigenvalue weighted by Gasteiger charge is 1.99. The number of carboxylic acid groups (broad SMARTS) is 2. The third kappa shape index (κ3) is 4.79. The Morgan fingerprint density at radius 3 is 1.54 bits per heavy atom. The molecule has 0 rings (SSSR count). The van der Waals surface area contributed by atoms with Gasteiger partial charge in [-0.15, -0.1) is 0 Å². The molecule has 0 fully saturated rings. The Morgan fingerprint density at radius 2 is 1.31 bits per heavy atom. The van der Waals surface area contributed by atoms with Gasteiger partial charge in [-0.25, -0.2) is 9.59 Å². The van der Waals surface area contributed by atoms with Crippen LogP contribution in [-0.2, 0) is 9.59 Å². The van der Waals surface area contributed by atoms with E-state index in [0.717, 1.165) is 0 Å². The zero-order valence-electron chi connectivity index (χ0n) is 7.57. The van der Waals surface area contributed by atoms with Crippen molar-refractivity contribution in [1.82, 2.24) is 0 Å². The molecule has 0 spiro atoms. The summed E-state index contributed by atoms with van der Waals surface area (Å²) in [6, 6.07) is 0. The quantitative estimate of drug-likeness (QED) is 0.648. The van der Waals surface area contributed by atoms with E-state index in [4.69, 9.17) is 10.2 Å². The molecular weight excluding hydrogens is 172 g/mol. The Morgan fingerprint density at radius 1 is 1.00 bits per heavy atom. The Balaban J connectivity index is 4.19. The number of hydrogen-bond donors (Lipinski definition) is 2. The molecule has 0 unspecified atom stereocenters. The summed E-state index contributed by atoms with van der Waals surface area (Å²) in [6.45, 7) is 2.93. The maximum Gasteiger partial charge on any atom is 0.330 e. The van der Waals surface area contributed by atoms with Crippen LogP contribution in [0.5, 0.6) is 0 Å². The molecule has 72 valence electrons. The molecule has 0 aliphatic carbocycles. The number of allylic oxidation sites excluding steroid dienone is 2. The van der Waals surface area contributed by atoms with Crippen LogP contribution in [0.1, 0.15) is 20.3 Å². The van der Waals surface area contributed by atoms with Crippen molar-refractivity contribution < 1.29 is 19.8 Å². The number of hydrogen-bond acceptors (Lipinski definition) is 2. The van der Waals surface area contributed by atoms with Gasteiger partial charge in [0.2, 0.25) is 0 Å². The smallest absolute Gasteiger partial charge is 0.330 e. The lowest BCUT2D eigenvalue weighted by Gasteiger charge is -1.92. The van der Waals surface area contributed by atoms with Gasteiger partial charge in [0.25, 0.3) is 0 Å². The first-order valence-corrected chi connectivity index (χ1v) is 3.75. The van der Waals surface area contributed by atoms with Crippen molar-refractivity contribution in [3.05, 3.63) is 23.3 Å². The van der Waals surface area contributed by atoms with Gasteiger partial charge in [-0.1, -0.05) is 12.2 Å². The van der Waals surface area contributed by atoms with Gasteiger partial charge in [-0.05, 0) is 20.3 Å². The van der Waals surface area contributed by atoms with Crippen LogP contribution in [0.2, 0.25) is 0 Å². The van der Waals surface area contributed by atoms with E-state index < -0.39 is 11.9 Å². The van der Waals surface area contributed by atoms with Crippen LogP contribution in [0, 0.1) is 0 Å². The second-order valence-electron chi connectivity index (χ2n) is 2.62. The molecule has 0 saturated carbocycles. The first-order chi connectivity index (χ1) is 5.95. The van der Waals surface area contributed by atoms with E-state index in [1.807, 2.05) is 0 Å². The molecule has 0 radical (unpaired) electrons. The highest BCUT2D eigenvalue weighted by molar-refractivity contribution is 5.86. The van der Waals surface area contributed by atoms with Crippen molar-refractivity contribution in [3.63, 3.8) is 0 Å². The zero-order chi connectivity index (χ0) is 10.4. The van der Waals surface area contributed by atoms with Gasteiger partial charge in [0.1, 0.15) is 0 Å². The first-order valence-electron chi connectivity index (χ1n) is 3.75. The van der Waals surface area contributed by atoms with Crippen molar-refractivity contribution in [1.29, 1.82) is 0 Å². The number of carbonyl (C=O) groups is 2. The number of aliphatic carboxylic acids is 2. The van der Waals surface area contributed by atoms with Gasteiger partial charge in [-0.3, -0.25) is 0 Å². The molecule has 0 heterocycles. The molecule has 4 heteroatoms. The van der Waals surface area contributed by atoms with Crippen molar-refractivity contribution in [3.8, 4) is 0 Å². The second kappa shape index (κ2) is 5.13. The lowest BCUT2D eigenvalue weighted by Crippen LogP contribution is -1.97. The van der Waals surface area contributed by atoms with E-state index in [2.05, 4.69) is 0 Å². The fourth-order valence-electron chi connectivity index (χ4n) is 0.587. The summed E-state index contributed by atoms with van der Waals surface area (Å²) in [5.74, 6) is -1.97. The Hall–Kier alpha value is -1.58. The molecule has 13 heavy (non-hydrogen) atoms. The van der Waals surface area contributed by atoms with Crippen LogP contribution in [0.25, 0.3) is 0 Å². The minimum absolute atomic E-state index is 0.217. The normalized spacial score (nSPS) is 12.8. The van der Waals surface area contributed by atoms with Gasteiger partial charge in [0, 0.05) is 11.1 Å². The lowest BCUT2D eigenvalue weighted by atomic mass is 10.2. The molecule has 0 atom stereocenters. The number of carboxylic acids is 2.